The average molecular weight is 267 g/mol. The van der Waals surface area contributed by atoms with Crippen LogP contribution in [0.1, 0.15) is 11.7 Å². The van der Waals surface area contributed by atoms with Crippen molar-refractivity contribution >= 4 is 21.9 Å². The molecule has 1 unspecified atom stereocenters. The van der Waals surface area contributed by atoms with Gasteiger partial charge in [-0.3, -0.25) is 0 Å². The van der Waals surface area contributed by atoms with Crippen LogP contribution in [0.3, 0.4) is 0 Å². The van der Waals surface area contributed by atoms with Gasteiger partial charge in [-0.15, -0.1) is 0 Å². The van der Waals surface area contributed by atoms with E-state index in [1.807, 2.05) is 0 Å². The molecule has 0 bridgehead atoms. The normalized spacial score (nSPS) is 12.6. The number of hydrogen-bond acceptors (Lipinski definition) is 2. The van der Waals surface area contributed by atoms with Crippen LogP contribution in [0.15, 0.2) is 16.6 Å². The predicted molar refractivity (Wildman–Crippen MR) is 46.7 cm³/mol. The number of aliphatic carboxylic acids is 1. The van der Waals surface area contributed by atoms with Crippen LogP contribution in [0.25, 0.3) is 0 Å². The Morgan fingerprint density at radius 3 is 2.36 bits per heavy atom. The van der Waals surface area contributed by atoms with Gasteiger partial charge in [0.25, 0.3) is 0 Å². The number of carbonyl (C=O) groups is 1. The Morgan fingerprint density at radius 1 is 1.36 bits per heavy atom. The Hall–Kier alpha value is -1.01. The van der Waals surface area contributed by atoms with Gasteiger partial charge in [0.2, 0.25) is 0 Å². The Labute approximate surface area is 86.1 Å². The van der Waals surface area contributed by atoms with E-state index in [4.69, 9.17) is 10.2 Å². The molecule has 0 fully saturated rings. The molecule has 0 spiro atoms. The molecule has 76 valence electrons. The third-order valence-corrected chi connectivity index (χ3v) is 2.39. The second-order valence-electron chi connectivity index (χ2n) is 2.50. The summed E-state index contributed by atoms with van der Waals surface area (Å²) in [6, 6.07) is 1.58. The zero-order chi connectivity index (χ0) is 10.9. The lowest BCUT2D eigenvalue weighted by atomic mass is 10.1. The monoisotopic (exact) mass is 266 g/mol. The highest BCUT2D eigenvalue weighted by Gasteiger charge is 2.24. The molecule has 0 aliphatic rings. The molecule has 2 N–H and O–H groups in total. The van der Waals surface area contributed by atoms with E-state index in [1.165, 1.54) is 0 Å². The summed E-state index contributed by atoms with van der Waals surface area (Å²) >= 11 is 2.66. The van der Waals surface area contributed by atoms with Gasteiger partial charge in [-0.05, 0) is 28.1 Å². The van der Waals surface area contributed by atoms with E-state index in [9.17, 15) is 13.6 Å². The highest BCUT2D eigenvalue weighted by molar-refractivity contribution is 9.10. The third kappa shape index (κ3) is 1.91. The topological polar surface area (TPSA) is 57.5 Å². The van der Waals surface area contributed by atoms with E-state index in [2.05, 4.69) is 15.9 Å². The summed E-state index contributed by atoms with van der Waals surface area (Å²) in [7, 11) is 0. The number of rotatable bonds is 2. The fourth-order valence-corrected chi connectivity index (χ4v) is 1.46. The molecule has 0 aliphatic carbocycles. The zero-order valence-electron chi connectivity index (χ0n) is 6.67. The standard InChI is InChI=1S/C8H5BrF2O3/c9-6-4(11)2-1-3(10)5(6)7(12)8(13)14/h1-2,7,12H,(H,13,14). The first-order chi connectivity index (χ1) is 6.45. The summed E-state index contributed by atoms with van der Waals surface area (Å²) in [5.74, 6) is -3.45. The summed E-state index contributed by atoms with van der Waals surface area (Å²) in [4.78, 5) is 10.4. The van der Waals surface area contributed by atoms with E-state index < -0.39 is 29.3 Å². The Morgan fingerprint density at radius 2 is 1.86 bits per heavy atom. The van der Waals surface area contributed by atoms with Crippen LogP contribution in [0.5, 0.6) is 0 Å². The van der Waals surface area contributed by atoms with Crippen LogP contribution in [-0.2, 0) is 4.79 Å². The number of aliphatic hydroxyl groups is 1. The molecule has 0 heterocycles. The summed E-state index contributed by atoms with van der Waals surface area (Å²) in [6.07, 6.45) is -2.08. The lowest BCUT2D eigenvalue weighted by molar-refractivity contribution is -0.147. The first-order valence-corrected chi connectivity index (χ1v) is 4.28. The number of carboxylic acids is 1. The van der Waals surface area contributed by atoms with E-state index in [1.54, 1.807) is 0 Å². The summed E-state index contributed by atoms with van der Waals surface area (Å²) in [5.41, 5.74) is -0.613. The molecule has 3 nitrogen and oxygen atoms in total. The van der Waals surface area contributed by atoms with Crippen LogP contribution < -0.4 is 0 Å². The van der Waals surface area contributed by atoms with Gasteiger partial charge in [0.15, 0.2) is 6.10 Å². The molecule has 0 aromatic heterocycles. The van der Waals surface area contributed by atoms with Gasteiger partial charge in [-0.1, -0.05) is 0 Å². The molecular weight excluding hydrogens is 262 g/mol. The van der Waals surface area contributed by atoms with Gasteiger partial charge in [0.1, 0.15) is 11.6 Å². The third-order valence-electron chi connectivity index (χ3n) is 1.59. The molecule has 0 amide bonds. The van der Waals surface area contributed by atoms with E-state index in [0.717, 1.165) is 12.1 Å². The zero-order valence-corrected chi connectivity index (χ0v) is 8.25. The highest BCUT2D eigenvalue weighted by atomic mass is 79.9. The number of carboxylic acid groups (broad SMARTS) is 1. The molecule has 1 aromatic rings. The number of hydrogen-bond donors (Lipinski definition) is 2. The van der Waals surface area contributed by atoms with Gasteiger partial charge in [-0.25, -0.2) is 13.6 Å². The van der Waals surface area contributed by atoms with Gasteiger partial charge in [0.05, 0.1) is 4.47 Å². The molecule has 0 saturated heterocycles. The van der Waals surface area contributed by atoms with Crippen molar-refractivity contribution in [1.82, 2.24) is 0 Å². The van der Waals surface area contributed by atoms with Crippen molar-refractivity contribution in [2.45, 2.75) is 6.10 Å². The first kappa shape index (κ1) is 11.1. The average Bonchev–Trinajstić information content (AvgIpc) is 2.12. The van der Waals surface area contributed by atoms with Crippen LogP contribution in [-0.4, -0.2) is 16.2 Å². The largest absolute Gasteiger partial charge is 0.479 e. The van der Waals surface area contributed by atoms with Gasteiger partial charge in [-0.2, -0.15) is 0 Å². The fourth-order valence-electron chi connectivity index (χ4n) is 0.917. The smallest absolute Gasteiger partial charge is 0.337 e. The van der Waals surface area contributed by atoms with Crippen molar-refractivity contribution in [2.24, 2.45) is 0 Å². The van der Waals surface area contributed by atoms with Crippen LogP contribution >= 0.6 is 15.9 Å². The molecule has 0 saturated carbocycles. The predicted octanol–water partition coefficient (Wildman–Crippen LogP) is 1.85. The van der Waals surface area contributed by atoms with E-state index in [-0.39, 0.29) is 4.47 Å². The lowest BCUT2D eigenvalue weighted by Crippen LogP contribution is -2.13. The summed E-state index contributed by atoms with van der Waals surface area (Å²) in [5, 5.41) is 17.5. The molecule has 1 atom stereocenters. The van der Waals surface area contributed by atoms with E-state index >= 15 is 0 Å². The van der Waals surface area contributed by atoms with E-state index in [0.29, 0.717) is 0 Å². The minimum absolute atomic E-state index is 0.382. The van der Waals surface area contributed by atoms with Gasteiger partial charge in [0, 0.05) is 5.56 Å². The Bertz CT molecular complexity index is 381. The molecule has 6 heteroatoms. The minimum atomic E-state index is -2.08. The number of halogens is 3. The molecule has 1 rings (SSSR count). The van der Waals surface area contributed by atoms with Crippen LogP contribution in [0, 0.1) is 11.6 Å². The highest BCUT2D eigenvalue weighted by Crippen LogP contribution is 2.28. The SMILES string of the molecule is O=C(O)C(O)c1c(F)ccc(F)c1Br. The number of benzene rings is 1. The molecule has 1 aromatic carbocycles. The first-order valence-electron chi connectivity index (χ1n) is 3.49. The van der Waals surface area contributed by atoms with Crippen molar-refractivity contribution in [3.63, 3.8) is 0 Å². The molecule has 0 radical (unpaired) electrons. The molecule has 14 heavy (non-hydrogen) atoms. The minimum Gasteiger partial charge on any atom is -0.479 e. The van der Waals surface area contributed by atoms with Crippen molar-refractivity contribution in [2.75, 3.05) is 0 Å². The van der Waals surface area contributed by atoms with Crippen molar-refractivity contribution in [3.8, 4) is 0 Å². The second-order valence-corrected chi connectivity index (χ2v) is 3.29. The van der Waals surface area contributed by atoms with Crippen molar-refractivity contribution in [3.05, 3.63) is 33.8 Å². The molecule has 0 aliphatic heterocycles. The fraction of sp³-hybridized carbons (Fsp3) is 0.125. The van der Waals surface area contributed by atoms with Crippen molar-refractivity contribution in [1.29, 1.82) is 0 Å². The second kappa shape index (κ2) is 4.02. The Balaban J connectivity index is 3.32. The molecular formula is C8H5BrF2O3. The van der Waals surface area contributed by atoms with Gasteiger partial charge >= 0.3 is 5.97 Å². The summed E-state index contributed by atoms with van der Waals surface area (Å²) < 4.78 is 25.5. The van der Waals surface area contributed by atoms with Crippen LogP contribution in [0.2, 0.25) is 0 Å². The van der Waals surface area contributed by atoms with Crippen molar-refractivity contribution < 1.29 is 23.8 Å². The number of aliphatic hydroxyl groups excluding tert-OH is 1. The van der Waals surface area contributed by atoms with Crippen LogP contribution in [0.4, 0.5) is 8.78 Å². The maximum atomic E-state index is 13.0. The maximum Gasteiger partial charge on any atom is 0.337 e. The Kier molecular flexibility index (Phi) is 3.17. The quantitative estimate of drug-likeness (QED) is 0.804. The van der Waals surface area contributed by atoms with Gasteiger partial charge < -0.3 is 10.2 Å². The summed E-state index contributed by atoms with van der Waals surface area (Å²) in [6.45, 7) is 0. The lowest BCUT2D eigenvalue weighted by Gasteiger charge is -2.09. The maximum absolute atomic E-state index is 13.0.